The Morgan fingerprint density at radius 2 is 2.05 bits per heavy atom. The maximum Gasteiger partial charge on any atom is 0.287 e. The number of aromatic nitrogens is 2. The molecule has 1 aromatic carbocycles. The summed E-state index contributed by atoms with van der Waals surface area (Å²) in [6, 6.07) is 9.52. The van der Waals surface area contributed by atoms with Gasteiger partial charge < -0.3 is 10.2 Å². The van der Waals surface area contributed by atoms with Crippen LogP contribution >= 0.6 is 11.6 Å². The van der Waals surface area contributed by atoms with Crippen LogP contribution in [0.25, 0.3) is 0 Å². The molecule has 0 aliphatic rings. The van der Waals surface area contributed by atoms with Crippen LogP contribution in [-0.2, 0) is 11.3 Å². The summed E-state index contributed by atoms with van der Waals surface area (Å²) in [7, 11) is 3.23. The number of nitrogens with zero attached hydrogens (tertiary/aromatic N) is 3. The monoisotopic (exact) mass is 320 g/mol. The number of hydrogen-bond donors (Lipinski definition) is 1. The topological polar surface area (TPSA) is 67.2 Å². The molecule has 0 unspecified atom stereocenters. The highest BCUT2D eigenvalue weighted by atomic mass is 35.5. The normalized spacial score (nSPS) is 10.3. The van der Waals surface area contributed by atoms with Crippen molar-refractivity contribution in [3.63, 3.8) is 0 Å². The average Bonchev–Trinajstić information content (AvgIpc) is 2.52. The van der Waals surface area contributed by atoms with Crippen LogP contribution in [0.4, 0.5) is 5.69 Å². The number of hydrogen-bond acceptors (Lipinski definition) is 4. The largest absolute Gasteiger partial charge is 0.363 e. The van der Waals surface area contributed by atoms with Gasteiger partial charge in [-0.2, -0.15) is 5.10 Å². The van der Waals surface area contributed by atoms with E-state index in [0.29, 0.717) is 12.2 Å². The second-order valence-corrected chi connectivity index (χ2v) is 5.20. The van der Waals surface area contributed by atoms with Gasteiger partial charge in [0, 0.05) is 14.1 Å². The van der Waals surface area contributed by atoms with Gasteiger partial charge in [0.05, 0.1) is 25.0 Å². The number of carbonyl (C=O) groups is 1. The van der Waals surface area contributed by atoms with Crippen molar-refractivity contribution in [1.29, 1.82) is 0 Å². The van der Waals surface area contributed by atoms with Gasteiger partial charge in [0.25, 0.3) is 5.56 Å². The Hall–Kier alpha value is -2.34. The van der Waals surface area contributed by atoms with E-state index in [1.54, 1.807) is 19.0 Å². The fourth-order valence-corrected chi connectivity index (χ4v) is 2.26. The third kappa shape index (κ3) is 3.65. The fraction of sp³-hybridized carbons (Fsp3) is 0.267. The Morgan fingerprint density at radius 3 is 2.68 bits per heavy atom. The molecule has 22 heavy (non-hydrogen) atoms. The van der Waals surface area contributed by atoms with Crippen molar-refractivity contribution >= 4 is 23.2 Å². The molecule has 0 fully saturated rings. The summed E-state index contributed by atoms with van der Waals surface area (Å²) < 4.78 is 1.30. The second kappa shape index (κ2) is 7.09. The zero-order chi connectivity index (χ0) is 16.1. The minimum atomic E-state index is -0.383. The van der Waals surface area contributed by atoms with E-state index >= 15 is 0 Å². The number of carbonyl (C=O) groups excluding carboxylic acids is 1. The van der Waals surface area contributed by atoms with Crippen molar-refractivity contribution in [2.75, 3.05) is 25.5 Å². The Balaban J connectivity index is 2.25. The number of likely N-dealkylation sites (N-methyl/N-ethyl adjacent to an activating group) is 2. The average molecular weight is 321 g/mol. The fourth-order valence-electron chi connectivity index (χ4n) is 1.97. The molecule has 0 atom stereocenters. The zero-order valence-electron chi connectivity index (χ0n) is 12.4. The minimum absolute atomic E-state index is 0.0531. The number of amides is 1. The summed E-state index contributed by atoms with van der Waals surface area (Å²) in [6.45, 7) is 0.443. The Morgan fingerprint density at radius 1 is 1.36 bits per heavy atom. The highest BCUT2D eigenvalue weighted by Crippen LogP contribution is 2.19. The first-order valence-electron chi connectivity index (χ1n) is 6.74. The van der Waals surface area contributed by atoms with E-state index in [4.69, 9.17) is 11.6 Å². The molecule has 7 heteroatoms. The van der Waals surface area contributed by atoms with Crippen molar-refractivity contribution in [3.8, 4) is 0 Å². The van der Waals surface area contributed by atoms with Gasteiger partial charge in [-0.25, -0.2) is 4.68 Å². The Bertz CT molecular complexity index is 715. The molecule has 1 heterocycles. The van der Waals surface area contributed by atoms with Gasteiger partial charge in [-0.3, -0.25) is 9.59 Å². The summed E-state index contributed by atoms with van der Waals surface area (Å²) in [6.07, 6.45) is 1.50. The molecule has 0 aliphatic heterocycles. The van der Waals surface area contributed by atoms with Crippen LogP contribution in [0.2, 0.25) is 5.02 Å². The van der Waals surface area contributed by atoms with Crippen LogP contribution in [0, 0.1) is 0 Å². The van der Waals surface area contributed by atoms with Crippen LogP contribution < -0.4 is 15.8 Å². The van der Waals surface area contributed by atoms with E-state index < -0.39 is 0 Å². The van der Waals surface area contributed by atoms with Gasteiger partial charge in [-0.15, -0.1) is 0 Å². The second-order valence-electron chi connectivity index (χ2n) is 4.82. The minimum Gasteiger partial charge on any atom is -0.363 e. The van der Waals surface area contributed by atoms with E-state index in [9.17, 15) is 9.59 Å². The molecule has 0 aliphatic carbocycles. The van der Waals surface area contributed by atoms with Crippen LogP contribution in [-0.4, -0.2) is 36.3 Å². The van der Waals surface area contributed by atoms with Gasteiger partial charge in [-0.1, -0.05) is 41.9 Å². The van der Waals surface area contributed by atoms with Crippen molar-refractivity contribution in [2.24, 2.45) is 0 Å². The van der Waals surface area contributed by atoms with Crippen molar-refractivity contribution in [3.05, 3.63) is 57.5 Å². The highest BCUT2D eigenvalue weighted by Gasteiger charge is 2.14. The molecule has 0 bridgehead atoms. The molecule has 1 aromatic heterocycles. The third-order valence-electron chi connectivity index (χ3n) is 3.21. The van der Waals surface area contributed by atoms with Crippen LogP contribution in [0.3, 0.4) is 0 Å². The van der Waals surface area contributed by atoms with Gasteiger partial charge in [0.2, 0.25) is 5.91 Å². The number of halogens is 1. The molecule has 1 amide bonds. The van der Waals surface area contributed by atoms with Crippen molar-refractivity contribution in [2.45, 2.75) is 6.54 Å². The van der Waals surface area contributed by atoms with Crippen LogP contribution in [0.1, 0.15) is 5.56 Å². The molecule has 0 saturated carbocycles. The summed E-state index contributed by atoms with van der Waals surface area (Å²) in [4.78, 5) is 25.3. The van der Waals surface area contributed by atoms with E-state index in [0.717, 1.165) is 5.56 Å². The Kier molecular flexibility index (Phi) is 5.16. The summed E-state index contributed by atoms with van der Waals surface area (Å²) in [5.74, 6) is -0.174. The lowest BCUT2D eigenvalue weighted by Gasteiger charge is -2.19. The molecule has 2 aromatic rings. The van der Waals surface area contributed by atoms with Crippen LogP contribution in [0.15, 0.2) is 41.3 Å². The summed E-state index contributed by atoms with van der Waals surface area (Å²) in [5.41, 5.74) is 1.01. The summed E-state index contributed by atoms with van der Waals surface area (Å²) >= 11 is 6.14. The first-order chi connectivity index (χ1) is 10.5. The van der Waals surface area contributed by atoms with Crippen molar-refractivity contribution in [1.82, 2.24) is 15.1 Å². The van der Waals surface area contributed by atoms with Gasteiger partial charge in [0.15, 0.2) is 0 Å². The molecule has 116 valence electrons. The maximum atomic E-state index is 12.3. The number of nitrogens with one attached hydrogen (secondary N) is 1. The SMILES string of the molecule is CNC(=O)CN(C)c1cnn(Cc2ccccc2)c(=O)c1Cl. The maximum absolute atomic E-state index is 12.3. The highest BCUT2D eigenvalue weighted by molar-refractivity contribution is 6.33. The molecule has 0 saturated heterocycles. The lowest BCUT2D eigenvalue weighted by atomic mass is 10.2. The molecule has 6 nitrogen and oxygen atoms in total. The molecule has 1 N–H and O–H groups in total. The van der Waals surface area contributed by atoms with E-state index in [1.165, 1.54) is 10.9 Å². The van der Waals surface area contributed by atoms with Crippen LogP contribution in [0.5, 0.6) is 0 Å². The number of benzene rings is 1. The molecule has 0 radical (unpaired) electrons. The number of anilines is 1. The summed E-state index contributed by atoms with van der Waals surface area (Å²) in [5, 5.41) is 6.70. The zero-order valence-corrected chi connectivity index (χ0v) is 13.2. The quantitative estimate of drug-likeness (QED) is 0.896. The van der Waals surface area contributed by atoms with E-state index in [-0.39, 0.29) is 23.0 Å². The lowest BCUT2D eigenvalue weighted by Crippen LogP contribution is -2.35. The Labute approximate surface area is 133 Å². The van der Waals surface area contributed by atoms with E-state index in [1.807, 2.05) is 30.3 Å². The van der Waals surface area contributed by atoms with E-state index in [2.05, 4.69) is 10.4 Å². The molecular formula is C15H17ClN4O2. The third-order valence-corrected chi connectivity index (χ3v) is 3.57. The molecular weight excluding hydrogens is 304 g/mol. The smallest absolute Gasteiger partial charge is 0.287 e. The first-order valence-corrected chi connectivity index (χ1v) is 7.12. The van der Waals surface area contributed by atoms with Crippen molar-refractivity contribution < 1.29 is 4.79 Å². The van der Waals surface area contributed by atoms with Gasteiger partial charge in [-0.05, 0) is 5.56 Å². The molecule has 0 spiro atoms. The van der Waals surface area contributed by atoms with Gasteiger partial charge in [0.1, 0.15) is 5.02 Å². The first kappa shape index (κ1) is 16.0. The van der Waals surface area contributed by atoms with Gasteiger partial charge >= 0.3 is 0 Å². The predicted molar refractivity (Wildman–Crippen MR) is 86.4 cm³/mol. The standard InChI is InChI=1S/C15H17ClN4O2/c1-17-13(21)10-19(2)12-8-18-20(15(22)14(12)16)9-11-6-4-3-5-7-11/h3-8H,9-10H2,1-2H3,(H,17,21). The molecule has 2 rings (SSSR count). The predicted octanol–water partition coefficient (Wildman–Crippen LogP) is 1.13. The number of rotatable bonds is 5. The lowest BCUT2D eigenvalue weighted by molar-refractivity contribution is -0.119.